The molecule has 2 amide bonds. The van der Waals surface area contributed by atoms with Gasteiger partial charge in [-0.15, -0.1) is 0 Å². The van der Waals surface area contributed by atoms with E-state index in [1.165, 1.54) is 0 Å². The molecule has 0 spiro atoms. The van der Waals surface area contributed by atoms with Gasteiger partial charge in [-0.1, -0.05) is 12.1 Å². The highest BCUT2D eigenvalue weighted by Gasteiger charge is 2.31. The quantitative estimate of drug-likeness (QED) is 0.742. The molecule has 96 valence electrons. The van der Waals surface area contributed by atoms with E-state index >= 15 is 0 Å². The molecule has 0 bridgehead atoms. The number of carbonyl (C=O) groups excluding carboxylic acids is 2. The van der Waals surface area contributed by atoms with Gasteiger partial charge in [-0.3, -0.25) is 9.59 Å². The molecule has 1 aromatic carbocycles. The van der Waals surface area contributed by atoms with Crippen molar-refractivity contribution < 1.29 is 14.7 Å². The summed E-state index contributed by atoms with van der Waals surface area (Å²) in [6, 6.07) is 7.30. The number of aliphatic hydroxyl groups is 1. The zero-order chi connectivity index (χ0) is 13.0. The Balaban J connectivity index is 2.13. The Labute approximate surface area is 105 Å². The Hall–Kier alpha value is -1.88. The summed E-state index contributed by atoms with van der Waals surface area (Å²) in [6.07, 6.45) is 1.84. The number of amides is 2. The van der Waals surface area contributed by atoms with E-state index < -0.39 is 0 Å². The van der Waals surface area contributed by atoms with Gasteiger partial charge >= 0.3 is 0 Å². The first-order chi connectivity index (χ1) is 8.76. The van der Waals surface area contributed by atoms with Crippen molar-refractivity contribution in [3.8, 4) is 0 Å². The lowest BCUT2D eigenvalue weighted by Gasteiger charge is -2.23. The van der Waals surface area contributed by atoms with E-state index in [-0.39, 0.29) is 18.6 Å². The van der Waals surface area contributed by atoms with Gasteiger partial charge in [0, 0.05) is 18.7 Å². The number of hydrogen-bond donors (Lipinski definition) is 2. The zero-order valence-corrected chi connectivity index (χ0v) is 10.0. The molecule has 0 saturated carbocycles. The van der Waals surface area contributed by atoms with Crippen LogP contribution in [0.25, 0.3) is 0 Å². The van der Waals surface area contributed by atoms with E-state index in [1.807, 2.05) is 24.3 Å². The van der Waals surface area contributed by atoms with Gasteiger partial charge in [0.15, 0.2) is 0 Å². The van der Waals surface area contributed by atoms with Gasteiger partial charge in [0.05, 0.1) is 12.6 Å². The normalized spacial score (nSPS) is 19.1. The first kappa shape index (κ1) is 12.6. The van der Waals surface area contributed by atoms with Crippen molar-refractivity contribution in [2.75, 3.05) is 11.5 Å². The predicted octanol–water partition coefficient (Wildman–Crippen LogP) is 0.420. The SMILES string of the molecule is O=CNCc1ccc(N2C(=O)CCC2CO)cc1. The molecule has 5 nitrogen and oxygen atoms in total. The fourth-order valence-corrected chi connectivity index (χ4v) is 2.20. The van der Waals surface area contributed by atoms with Crippen molar-refractivity contribution in [2.24, 2.45) is 0 Å². The van der Waals surface area contributed by atoms with Crippen LogP contribution < -0.4 is 10.2 Å². The van der Waals surface area contributed by atoms with Gasteiger partial charge in [0.25, 0.3) is 0 Å². The first-order valence-corrected chi connectivity index (χ1v) is 5.95. The molecule has 0 radical (unpaired) electrons. The summed E-state index contributed by atoms with van der Waals surface area (Å²) in [4.78, 5) is 23.6. The van der Waals surface area contributed by atoms with Crippen LogP contribution in [0.15, 0.2) is 24.3 Å². The van der Waals surface area contributed by atoms with Crippen LogP contribution in [0.5, 0.6) is 0 Å². The fraction of sp³-hybridized carbons (Fsp3) is 0.385. The Morgan fingerprint density at radius 3 is 2.72 bits per heavy atom. The van der Waals surface area contributed by atoms with Gasteiger partial charge in [0.1, 0.15) is 0 Å². The molecule has 1 heterocycles. The van der Waals surface area contributed by atoms with Crippen LogP contribution in [0.1, 0.15) is 18.4 Å². The van der Waals surface area contributed by atoms with E-state index in [9.17, 15) is 14.7 Å². The van der Waals surface area contributed by atoms with Crippen LogP contribution in [-0.4, -0.2) is 30.1 Å². The molecule has 1 unspecified atom stereocenters. The van der Waals surface area contributed by atoms with Crippen LogP contribution in [0.3, 0.4) is 0 Å². The third-order valence-corrected chi connectivity index (χ3v) is 3.14. The molecule has 2 rings (SSSR count). The second-order valence-electron chi connectivity index (χ2n) is 4.30. The Morgan fingerprint density at radius 1 is 1.39 bits per heavy atom. The highest BCUT2D eigenvalue weighted by molar-refractivity contribution is 5.96. The lowest BCUT2D eigenvalue weighted by atomic mass is 10.1. The average molecular weight is 248 g/mol. The third kappa shape index (κ3) is 2.51. The van der Waals surface area contributed by atoms with Gasteiger partial charge in [-0.05, 0) is 24.1 Å². The molecule has 0 aromatic heterocycles. The Bertz CT molecular complexity index is 430. The van der Waals surface area contributed by atoms with Gasteiger partial charge in [-0.2, -0.15) is 0 Å². The molecule has 1 fully saturated rings. The molecule has 2 N–H and O–H groups in total. The summed E-state index contributed by atoms with van der Waals surface area (Å²) in [5, 5.41) is 11.8. The van der Waals surface area contributed by atoms with Crippen molar-refractivity contribution in [2.45, 2.75) is 25.4 Å². The summed E-state index contributed by atoms with van der Waals surface area (Å²) in [5.41, 5.74) is 1.77. The maximum absolute atomic E-state index is 11.8. The second-order valence-corrected chi connectivity index (χ2v) is 4.30. The summed E-state index contributed by atoms with van der Waals surface area (Å²) in [5.74, 6) is 0.0489. The minimum Gasteiger partial charge on any atom is -0.394 e. The minimum atomic E-state index is -0.114. The molecular formula is C13H16N2O3. The molecule has 1 atom stereocenters. The van der Waals surface area contributed by atoms with Gasteiger partial charge in [-0.25, -0.2) is 0 Å². The Kier molecular flexibility index (Phi) is 3.94. The van der Waals surface area contributed by atoms with E-state index in [0.29, 0.717) is 25.8 Å². The van der Waals surface area contributed by atoms with Crippen molar-refractivity contribution in [3.05, 3.63) is 29.8 Å². The molecular weight excluding hydrogens is 232 g/mol. The predicted molar refractivity (Wildman–Crippen MR) is 66.9 cm³/mol. The summed E-state index contributed by atoms with van der Waals surface area (Å²) in [6.45, 7) is 0.460. The van der Waals surface area contributed by atoms with Crippen molar-refractivity contribution in [3.63, 3.8) is 0 Å². The lowest BCUT2D eigenvalue weighted by molar-refractivity contribution is -0.117. The Morgan fingerprint density at radius 2 is 2.11 bits per heavy atom. The van der Waals surface area contributed by atoms with Crippen LogP contribution in [0.2, 0.25) is 0 Å². The minimum absolute atomic E-state index is 0.0137. The maximum atomic E-state index is 11.8. The largest absolute Gasteiger partial charge is 0.394 e. The third-order valence-electron chi connectivity index (χ3n) is 3.14. The topological polar surface area (TPSA) is 69.6 Å². The van der Waals surface area contributed by atoms with Crippen LogP contribution >= 0.6 is 0 Å². The van der Waals surface area contributed by atoms with Crippen molar-refractivity contribution in [1.29, 1.82) is 0 Å². The fourth-order valence-electron chi connectivity index (χ4n) is 2.20. The average Bonchev–Trinajstić information content (AvgIpc) is 2.78. The zero-order valence-electron chi connectivity index (χ0n) is 10.0. The number of benzene rings is 1. The number of hydrogen-bond acceptors (Lipinski definition) is 3. The number of anilines is 1. The van der Waals surface area contributed by atoms with E-state index in [4.69, 9.17) is 0 Å². The molecule has 1 aliphatic rings. The van der Waals surface area contributed by atoms with Gasteiger partial charge < -0.3 is 15.3 Å². The number of aliphatic hydroxyl groups excluding tert-OH is 1. The summed E-state index contributed by atoms with van der Waals surface area (Å²) >= 11 is 0. The van der Waals surface area contributed by atoms with Crippen molar-refractivity contribution >= 4 is 18.0 Å². The van der Waals surface area contributed by atoms with E-state index in [1.54, 1.807) is 4.90 Å². The number of rotatable bonds is 5. The van der Waals surface area contributed by atoms with Gasteiger partial charge in [0.2, 0.25) is 12.3 Å². The standard InChI is InChI=1S/C13H16N2O3/c16-8-12-5-6-13(18)15(12)11-3-1-10(2-4-11)7-14-9-17/h1-4,9,12,16H,5-8H2,(H,14,17). The molecule has 1 aromatic rings. The maximum Gasteiger partial charge on any atom is 0.227 e. The molecule has 5 heteroatoms. The summed E-state index contributed by atoms with van der Waals surface area (Å²) in [7, 11) is 0. The molecule has 18 heavy (non-hydrogen) atoms. The smallest absolute Gasteiger partial charge is 0.227 e. The first-order valence-electron chi connectivity index (χ1n) is 5.95. The van der Waals surface area contributed by atoms with Crippen molar-refractivity contribution in [1.82, 2.24) is 5.32 Å². The van der Waals surface area contributed by atoms with Crippen LogP contribution in [-0.2, 0) is 16.1 Å². The summed E-state index contributed by atoms with van der Waals surface area (Å²) < 4.78 is 0. The molecule has 1 aliphatic heterocycles. The monoisotopic (exact) mass is 248 g/mol. The van der Waals surface area contributed by atoms with E-state index in [0.717, 1.165) is 11.3 Å². The lowest BCUT2D eigenvalue weighted by Crippen LogP contribution is -2.35. The number of nitrogens with zero attached hydrogens (tertiary/aromatic N) is 1. The van der Waals surface area contributed by atoms with E-state index in [2.05, 4.69) is 5.32 Å². The molecule has 1 saturated heterocycles. The second kappa shape index (κ2) is 5.64. The number of nitrogens with one attached hydrogen (secondary N) is 1. The number of carbonyl (C=O) groups is 2. The highest BCUT2D eigenvalue weighted by Crippen LogP contribution is 2.26. The van der Waals surface area contributed by atoms with Crippen LogP contribution in [0.4, 0.5) is 5.69 Å². The molecule has 0 aliphatic carbocycles. The highest BCUT2D eigenvalue weighted by atomic mass is 16.3. The van der Waals surface area contributed by atoms with Crippen LogP contribution in [0, 0.1) is 0 Å².